The molecule has 1 N–H and O–H groups in total. The minimum Gasteiger partial charge on any atom is -0.475 e. The zero-order valence-electron chi connectivity index (χ0n) is 11.3. The van der Waals surface area contributed by atoms with Gasteiger partial charge in [0.2, 0.25) is 0 Å². The SMILES string of the molecule is Cc1ccccc1C(=O)C(=O)O.c1ccc2oncc2c1. The second-order valence-corrected chi connectivity index (χ2v) is 4.31. The average Bonchev–Trinajstić information content (AvgIpc) is 2.96. The van der Waals surface area contributed by atoms with Crippen LogP contribution in [0, 0.1) is 6.92 Å². The minimum absolute atomic E-state index is 0.255. The van der Waals surface area contributed by atoms with Crippen molar-refractivity contribution in [1.29, 1.82) is 0 Å². The Kier molecular flexibility index (Phi) is 4.46. The van der Waals surface area contributed by atoms with Crippen LogP contribution in [0.5, 0.6) is 0 Å². The second kappa shape index (κ2) is 6.47. The lowest BCUT2D eigenvalue weighted by Crippen LogP contribution is -2.13. The molecule has 0 bridgehead atoms. The summed E-state index contributed by atoms with van der Waals surface area (Å²) in [5.41, 5.74) is 1.78. The van der Waals surface area contributed by atoms with Crippen molar-refractivity contribution >= 4 is 22.7 Å². The lowest BCUT2D eigenvalue weighted by molar-refractivity contribution is -0.131. The molecule has 21 heavy (non-hydrogen) atoms. The molecule has 0 atom stereocenters. The highest BCUT2D eigenvalue weighted by Crippen LogP contribution is 2.10. The summed E-state index contributed by atoms with van der Waals surface area (Å²) < 4.78 is 4.87. The average molecular weight is 283 g/mol. The van der Waals surface area contributed by atoms with Gasteiger partial charge in [0.25, 0.3) is 5.78 Å². The maximum absolute atomic E-state index is 11.0. The molecule has 2 aromatic carbocycles. The van der Waals surface area contributed by atoms with Crippen LogP contribution in [0.25, 0.3) is 11.0 Å². The molecule has 5 heteroatoms. The Labute approximate surface area is 120 Å². The largest absolute Gasteiger partial charge is 0.475 e. The van der Waals surface area contributed by atoms with Crippen LogP contribution in [0.2, 0.25) is 0 Å². The Morgan fingerprint density at radius 3 is 2.38 bits per heavy atom. The maximum Gasteiger partial charge on any atom is 0.377 e. The first-order valence-corrected chi connectivity index (χ1v) is 6.22. The van der Waals surface area contributed by atoms with Gasteiger partial charge in [0.15, 0.2) is 5.58 Å². The molecule has 106 valence electrons. The van der Waals surface area contributed by atoms with Crippen LogP contribution < -0.4 is 0 Å². The van der Waals surface area contributed by atoms with Gasteiger partial charge in [-0.3, -0.25) is 4.79 Å². The number of aliphatic carboxylic acids is 1. The van der Waals surface area contributed by atoms with Crippen molar-refractivity contribution < 1.29 is 19.2 Å². The number of aryl methyl sites for hydroxylation is 1. The fourth-order valence-electron chi connectivity index (χ4n) is 1.75. The van der Waals surface area contributed by atoms with E-state index < -0.39 is 11.8 Å². The molecule has 3 rings (SSSR count). The van der Waals surface area contributed by atoms with Gasteiger partial charge < -0.3 is 9.63 Å². The van der Waals surface area contributed by atoms with Crippen molar-refractivity contribution in [3.63, 3.8) is 0 Å². The monoisotopic (exact) mass is 283 g/mol. The Bertz CT molecular complexity index is 746. The summed E-state index contributed by atoms with van der Waals surface area (Å²) in [6, 6.07) is 14.3. The number of carboxylic acid groups (broad SMARTS) is 1. The molecule has 0 unspecified atom stereocenters. The first-order chi connectivity index (χ1) is 10.1. The topological polar surface area (TPSA) is 80.4 Å². The van der Waals surface area contributed by atoms with Gasteiger partial charge in [-0.25, -0.2) is 4.79 Å². The molecule has 3 aromatic rings. The smallest absolute Gasteiger partial charge is 0.377 e. The van der Waals surface area contributed by atoms with E-state index in [1.807, 2.05) is 24.3 Å². The summed E-state index contributed by atoms with van der Waals surface area (Å²) in [5.74, 6) is -2.27. The van der Waals surface area contributed by atoms with Gasteiger partial charge in [-0.15, -0.1) is 0 Å². The van der Waals surface area contributed by atoms with Crippen LogP contribution in [-0.2, 0) is 4.79 Å². The van der Waals surface area contributed by atoms with E-state index in [9.17, 15) is 9.59 Å². The molecule has 0 spiro atoms. The van der Waals surface area contributed by atoms with E-state index in [2.05, 4.69) is 5.16 Å². The van der Waals surface area contributed by atoms with Crippen molar-refractivity contribution in [3.8, 4) is 0 Å². The van der Waals surface area contributed by atoms with Crippen LogP contribution in [0.4, 0.5) is 0 Å². The normalized spacial score (nSPS) is 9.76. The molecule has 0 aliphatic heterocycles. The lowest BCUT2D eigenvalue weighted by atomic mass is 10.1. The van der Waals surface area contributed by atoms with Gasteiger partial charge >= 0.3 is 5.97 Å². The number of rotatable bonds is 2. The van der Waals surface area contributed by atoms with E-state index in [-0.39, 0.29) is 5.56 Å². The van der Waals surface area contributed by atoms with Gasteiger partial charge in [0.05, 0.1) is 6.20 Å². The Balaban J connectivity index is 0.000000159. The number of carboxylic acids is 1. The van der Waals surface area contributed by atoms with Crippen LogP contribution in [0.15, 0.2) is 59.3 Å². The van der Waals surface area contributed by atoms with Gasteiger partial charge in [0, 0.05) is 10.9 Å². The number of fused-ring (bicyclic) bond motifs is 1. The van der Waals surface area contributed by atoms with Crippen molar-refractivity contribution in [1.82, 2.24) is 5.16 Å². The van der Waals surface area contributed by atoms with Crippen LogP contribution >= 0.6 is 0 Å². The summed E-state index contributed by atoms with van der Waals surface area (Å²) in [6.07, 6.45) is 1.70. The third-order valence-corrected chi connectivity index (χ3v) is 2.85. The Morgan fingerprint density at radius 1 is 1.05 bits per heavy atom. The molecular formula is C16H13NO4. The quantitative estimate of drug-likeness (QED) is 0.577. The summed E-state index contributed by atoms with van der Waals surface area (Å²) in [7, 11) is 0. The summed E-state index contributed by atoms with van der Waals surface area (Å²) in [4.78, 5) is 21.3. The van der Waals surface area contributed by atoms with E-state index in [0.717, 1.165) is 11.0 Å². The molecule has 1 aromatic heterocycles. The first-order valence-electron chi connectivity index (χ1n) is 6.22. The van der Waals surface area contributed by atoms with Crippen molar-refractivity contribution in [3.05, 3.63) is 65.9 Å². The first kappa shape index (κ1) is 14.5. The van der Waals surface area contributed by atoms with Gasteiger partial charge in [-0.05, 0) is 24.6 Å². The molecule has 0 aliphatic rings. The molecular weight excluding hydrogens is 270 g/mol. The fraction of sp³-hybridized carbons (Fsp3) is 0.0625. The third kappa shape index (κ3) is 3.54. The van der Waals surface area contributed by atoms with Crippen molar-refractivity contribution in [2.45, 2.75) is 6.92 Å². The molecule has 0 aliphatic carbocycles. The standard InChI is InChI=1S/C9H8O3.C7H5NO/c1-6-4-2-3-5-7(6)8(10)9(11)12;1-2-4-7-6(3-1)5-8-9-7/h2-5H,1H3,(H,11,12);1-5H. The number of carbonyl (C=O) groups is 2. The summed E-state index contributed by atoms with van der Waals surface area (Å²) >= 11 is 0. The summed E-state index contributed by atoms with van der Waals surface area (Å²) in [6.45, 7) is 1.70. The number of hydrogen-bond acceptors (Lipinski definition) is 4. The highest BCUT2D eigenvalue weighted by molar-refractivity contribution is 6.40. The number of hydrogen-bond donors (Lipinski definition) is 1. The highest BCUT2D eigenvalue weighted by atomic mass is 16.5. The number of para-hydroxylation sites is 1. The van der Waals surface area contributed by atoms with E-state index in [0.29, 0.717) is 5.56 Å². The number of aromatic nitrogens is 1. The predicted octanol–water partition coefficient (Wildman–Crippen LogP) is 3.09. The molecule has 5 nitrogen and oxygen atoms in total. The third-order valence-electron chi connectivity index (χ3n) is 2.85. The highest BCUT2D eigenvalue weighted by Gasteiger charge is 2.15. The number of Topliss-reactive ketones (excluding diaryl/α,β-unsaturated/α-hetero) is 1. The number of benzene rings is 2. The number of nitrogens with zero attached hydrogens (tertiary/aromatic N) is 1. The molecule has 0 amide bonds. The maximum atomic E-state index is 11.0. The van der Waals surface area contributed by atoms with Crippen molar-refractivity contribution in [2.24, 2.45) is 0 Å². The molecule has 0 radical (unpaired) electrons. The van der Waals surface area contributed by atoms with Crippen LogP contribution in [0.3, 0.4) is 0 Å². The van der Waals surface area contributed by atoms with E-state index in [1.54, 1.807) is 31.3 Å². The summed E-state index contributed by atoms with van der Waals surface area (Å²) in [5, 5.41) is 13.1. The molecule has 0 fully saturated rings. The molecule has 0 saturated heterocycles. The molecule has 0 saturated carbocycles. The second-order valence-electron chi connectivity index (χ2n) is 4.31. The minimum atomic E-state index is -1.41. The van der Waals surface area contributed by atoms with Gasteiger partial charge in [-0.1, -0.05) is 41.6 Å². The van der Waals surface area contributed by atoms with E-state index in [1.165, 1.54) is 6.07 Å². The van der Waals surface area contributed by atoms with Crippen molar-refractivity contribution in [2.75, 3.05) is 0 Å². The zero-order valence-corrected chi connectivity index (χ0v) is 11.3. The predicted molar refractivity (Wildman–Crippen MR) is 77.2 cm³/mol. The Morgan fingerprint density at radius 2 is 1.71 bits per heavy atom. The number of carbonyl (C=O) groups excluding carboxylic acids is 1. The number of ketones is 1. The van der Waals surface area contributed by atoms with E-state index in [4.69, 9.17) is 9.63 Å². The van der Waals surface area contributed by atoms with Gasteiger partial charge in [0.1, 0.15) is 0 Å². The Hall–Kier alpha value is -2.95. The van der Waals surface area contributed by atoms with Crippen LogP contribution in [-0.4, -0.2) is 22.0 Å². The lowest BCUT2D eigenvalue weighted by Gasteiger charge is -1.98. The zero-order chi connectivity index (χ0) is 15.2. The van der Waals surface area contributed by atoms with Crippen LogP contribution in [0.1, 0.15) is 15.9 Å². The van der Waals surface area contributed by atoms with E-state index >= 15 is 0 Å². The fourth-order valence-corrected chi connectivity index (χ4v) is 1.75. The van der Waals surface area contributed by atoms with Gasteiger partial charge in [-0.2, -0.15) is 0 Å². The molecule has 1 heterocycles.